The highest BCUT2D eigenvalue weighted by Crippen LogP contribution is 2.33. The van der Waals surface area contributed by atoms with Crippen LogP contribution < -0.4 is 4.74 Å². The molecule has 98 valence electrons. The number of hydrogen-bond donors (Lipinski definition) is 0. The lowest BCUT2D eigenvalue weighted by atomic mass is 10.1. The molecule has 2 aromatic heterocycles. The van der Waals surface area contributed by atoms with Crippen molar-refractivity contribution in [2.45, 2.75) is 46.1 Å². The standard InChI is InChI=1S/C13H17ClN2OS/c1-5-8-7-9-10(17-13(3,4)6-2)15-12(14)16-11(9)18-8/h7H,5-6H2,1-4H3. The van der Waals surface area contributed by atoms with Gasteiger partial charge in [0.05, 0.1) is 5.39 Å². The molecule has 0 saturated heterocycles. The van der Waals surface area contributed by atoms with E-state index < -0.39 is 0 Å². The van der Waals surface area contributed by atoms with Gasteiger partial charge in [0, 0.05) is 4.88 Å². The lowest BCUT2D eigenvalue weighted by Gasteiger charge is -2.24. The smallest absolute Gasteiger partial charge is 0.227 e. The van der Waals surface area contributed by atoms with E-state index in [2.05, 4.69) is 29.9 Å². The van der Waals surface area contributed by atoms with Crippen molar-refractivity contribution in [2.24, 2.45) is 0 Å². The van der Waals surface area contributed by atoms with Crippen molar-refractivity contribution in [1.29, 1.82) is 0 Å². The second-order valence-electron chi connectivity index (χ2n) is 4.80. The van der Waals surface area contributed by atoms with Crippen molar-refractivity contribution in [1.82, 2.24) is 9.97 Å². The highest BCUT2D eigenvalue weighted by molar-refractivity contribution is 7.18. The molecule has 0 saturated carbocycles. The van der Waals surface area contributed by atoms with Crippen LogP contribution in [0, 0.1) is 0 Å². The van der Waals surface area contributed by atoms with Gasteiger partial charge in [-0.1, -0.05) is 13.8 Å². The van der Waals surface area contributed by atoms with Crippen molar-refractivity contribution >= 4 is 33.2 Å². The van der Waals surface area contributed by atoms with Gasteiger partial charge in [-0.3, -0.25) is 0 Å². The maximum atomic E-state index is 5.97. The largest absolute Gasteiger partial charge is 0.471 e. The van der Waals surface area contributed by atoms with E-state index in [0.29, 0.717) is 5.88 Å². The van der Waals surface area contributed by atoms with Gasteiger partial charge in [-0.2, -0.15) is 4.98 Å². The Kier molecular flexibility index (Phi) is 3.78. The van der Waals surface area contributed by atoms with Gasteiger partial charge in [0.1, 0.15) is 10.4 Å². The minimum atomic E-state index is -0.251. The van der Waals surface area contributed by atoms with Crippen molar-refractivity contribution in [3.8, 4) is 5.88 Å². The molecule has 0 aliphatic heterocycles. The summed E-state index contributed by atoms with van der Waals surface area (Å²) < 4.78 is 5.97. The number of aromatic nitrogens is 2. The first-order valence-corrected chi connectivity index (χ1v) is 7.29. The van der Waals surface area contributed by atoms with E-state index in [9.17, 15) is 0 Å². The fraction of sp³-hybridized carbons (Fsp3) is 0.538. The average Bonchev–Trinajstić information content (AvgIpc) is 2.71. The quantitative estimate of drug-likeness (QED) is 0.777. The Morgan fingerprint density at radius 3 is 2.67 bits per heavy atom. The summed E-state index contributed by atoms with van der Waals surface area (Å²) in [6.07, 6.45) is 1.89. The Bertz CT molecular complexity index is 565. The summed E-state index contributed by atoms with van der Waals surface area (Å²) in [7, 11) is 0. The van der Waals surface area contributed by atoms with Crippen LogP contribution in [0.15, 0.2) is 6.07 Å². The monoisotopic (exact) mass is 284 g/mol. The molecule has 0 fully saturated rings. The van der Waals surface area contributed by atoms with Gasteiger partial charge < -0.3 is 4.74 Å². The highest BCUT2D eigenvalue weighted by atomic mass is 35.5. The molecule has 3 nitrogen and oxygen atoms in total. The third kappa shape index (κ3) is 2.75. The average molecular weight is 285 g/mol. The molecular formula is C13H17ClN2OS. The highest BCUT2D eigenvalue weighted by Gasteiger charge is 2.21. The van der Waals surface area contributed by atoms with Gasteiger partial charge >= 0.3 is 0 Å². The molecule has 0 amide bonds. The Balaban J connectivity index is 2.51. The number of rotatable bonds is 4. The number of nitrogens with zero attached hydrogens (tertiary/aromatic N) is 2. The molecule has 0 radical (unpaired) electrons. The molecule has 0 aliphatic carbocycles. The first-order valence-electron chi connectivity index (χ1n) is 6.10. The van der Waals surface area contributed by atoms with Crippen molar-refractivity contribution < 1.29 is 4.74 Å². The van der Waals surface area contributed by atoms with Gasteiger partial charge in [0.15, 0.2) is 0 Å². The number of fused-ring (bicyclic) bond motifs is 1. The fourth-order valence-electron chi connectivity index (χ4n) is 1.51. The molecular weight excluding hydrogens is 268 g/mol. The van der Waals surface area contributed by atoms with E-state index in [0.717, 1.165) is 23.1 Å². The minimum absolute atomic E-state index is 0.244. The van der Waals surface area contributed by atoms with Crippen LogP contribution in [0.1, 0.15) is 39.0 Å². The van der Waals surface area contributed by atoms with Gasteiger partial charge in [0.25, 0.3) is 0 Å². The van der Waals surface area contributed by atoms with Crippen LogP contribution in [-0.4, -0.2) is 15.6 Å². The van der Waals surface area contributed by atoms with Gasteiger partial charge in [-0.25, -0.2) is 4.98 Å². The van der Waals surface area contributed by atoms with Crippen molar-refractivity contribution in [3.05, 3.63) is 16.2 Å². The van der Waals surface area contributed by atoms with Crippen LogP contribution in [0.2, 0.25) is 5.28 Å². The zero-order valence-corrected chi connectivity index (χ0v) is 12.7. The zero-order valence-electron chi connectivity index (χ0n) is 11.1. The zero-order chi connectivity index (χ0) is 13.3. The normalized spacial score (nSPS) is 12.1. The Morgan fingerprint density at radius 2 is 2.06 bits per heavy atom. The number of ether oxygens (including phenoxy) is 1. The van der Waals surface area contributed by atoms with Crippen molar-refractivity contribution in [2.75, 3.05) is 0 Å². The van der Waals surface area contributed by atoms with Gasteiger partial charge in [-0.15, -0.1) is 11.3 Å². The Hall–Kier alpha value is -0.870. The Labute approximate surface area is 116 Å². The van der Waals surface area contributed by atoms with E-state index in [-0.39, 0.29) is 10.9 Å². The van der Waals surface area contributed by atoms with Crippen LogP contribution in [-0.2, 0) is 6.42 Å². The first kappa shape index (κ1) is 13.6. The predicted molar refractivity (Wildman–Crippen MR) is 76.8 cm³/mol. The third-order valence-corrected chi connectivity index (χ3v) is 4.30. The predicted octanol–water partition coefficient (Wildman–Crippen LogP) is 4.47. The minimum Gasteiger partial charge on any atom is -0.471 e. The van der Waals surface area contributed by atoms with E-state index in [4.69, 9.17) is 16.3 Å². The maximum absolute atomic E-state index is 5.97. The number of aryl methyl sites for hydroxylation is 1. The number of thiophene rings is 1. The summed E-state index contributed by atoms with van der Waals surface area (Å²) in [6.45, 7) is 8.30. The summed E-state index contributed by atoms with van der Waals surface area (Å²) in [6, 6.07) is 2.09. The molecule has 2 heterocycles. The van der Waals surface area contributed by atoms with Crippen LogP contribution in [0.4, 0.5) is 0 Å². The van der Waals surface area contributed by atoms with Crippen LogP contribution in [0.5, 0.6) is 5.88 Å². The van der Waals surface area contributed by atoms with Crippen LogP contribution >= 0.6 is 22.9 Å². The van der Waals surface area contributed by atoms with E-state index >= 15 is 0 Å². The Morgan fingerprint density at radius 1 is 1.33 bits per heavy atom. The lowest BCUT2D eigenvalue weighted by Crippen LogP contribution is -2.27. The summed E-state index contributed by atoms with van der Waals surface area (Å²) >= 11 is 7.60. The van der Waals surface area contributed by atoms with Crippen LogP contribution in [0.25, 0.3) is 10.2 Å². The molecule has 0 N–H and O–H groups in total. The van der Waals surface area contributed by atoms with E-state index in [1.54, 1.807) is 11.3 Å². The topological polar surface area (TPSA) is 35.0 Å². The molecule has 0 aliphatic rings. The molecule has 0 aromatic carbocycles. The second-order valence-corrected chi connectivity index (χ2v) is 6.25. The van der Waals surface area contributed by atoms with Gasteiger partial charge in [-0.05, 0) is 44.4 Å². The summed E-state index contributed by atoms with van der Waals surface area (Å²) in [5, 5.41) is 1.21. The maximum Gasteiger partial charge on any atom is 0.227 e. The summed E-state index contributed by atoms with van der Waals surface area (Å²) in [5.41, 5.74) is -0.251. The lowest BCUT2D eigenvalue weighted by molar-refractivity contribution is 0.101. The fourth-order valence-corrected chi connectivity index (χ4v) is 2.68. The molecule has 0 spiro atoms. The SMILES string of the molecule is CCc1cc2c(OC(C)(C)CC)nc(Cl)nc2s1. The number of halogens is 1. The molecule has 2 aromatic rings. The molecule has 5 heteroatoms. The van der Waals surface area contributed by atoms with E-state index in [1.165, 1.54) is 4.88 Å². The molecule has 0 atom stereocenters. The summed E-state index contributed by atoms with van der Waals surface area (Å²) in [5.74, 6) is 0.591. The molecule has 0 bridgehead atoms. The van der Waals surface area contributed by atoms with Crippen LogP contribution in [0.3, 0.4) is 0 Å². The molecule has 18 heavy (non-hydrogen) atoms. The first-order chi connectivity index (χ1) is 8.45. The van der Waals surface area contributed by atoms with E-state index in [1.807, 2.05) is 13.8 Å². The second kappa shape index (κ2) is 5.02. The number of hydrogen-bond acceptors (Lipinski definition) is 4. The van der Waals surface area contributed by atoms with Crippen molar-refractivity contribution in [3.63, 3.8) is 0 Å². The summed E-state index contributed by atoms with van der Waals surface area (Å²) in [4.78, 5) is 10.6. The molecule has 2 rings (SSSR count). The molecule has 0 unspecified atom stereocenters. The van der Waals surface area contributed by atoms with Gasteiger partial charge in [0.2, 0.25) is 11.2 Å². The third-order valence-electron chi connectivity index (χ3n) is 2.95.